The number of urea groups is 1. The van der Waals surface area contributed by atoms with Gasteiger partial charge >= 0.3 is 6.03 Å². The van der Waals surface area contributed by atoms with Gasteiger partial charge in [-0.1, -0.05) is 0 Å². The van der Waals surface area contributed by atoms with E-state index in [2.05, 4.69) is 37.4 Å². The Kier molecular flexibility index (Phi) is 3.53. The molecule has 8 heteroatoms. The molecule has 3 amide bonds. The third kappa shape index (κ3) is 3.00. The van der Waals surface area contributed by atoms with Crippen LogP contribution >= 0.6 is 0 Å². The van der Waals surface area contributed by atoms with E-state index in [1.54, 1.807) is 18.3 Å². The zero-order chi connectivity index (χ0) is 14.8. The van der Waals surface area contributed by atoms with Gasteiger partial charge in [0.1, 0.15) is 5.70 Å². The van der Waals surface area contributed by atoms with Crippen molar-refractivity contribution in [2.45, 2.75) is 0 Å². The van der Waals surface area contributed by atoms with Gasteiger partial charge in [-0.15, -0.1) is 0 Å². The van der Waals surface area contributed by atoms with E-state index in [0.29, 0.717) is 11.6 Å². The van der Waals surface area contributed by atoms with Gasteiger partial charge in [0.15, 0.2) is 0 Å². The third-order valence-electron chi connectivity index (χ3n) is 3.46. The molecule has 0 atom stereocenters. The molecule has 3 rings (SSSR count). The number of hydrogen-bond acceptors (Lipinski definition) is 6. The number of hydrogen-bond donors (Lipinski definition) is 2. The minimum absolute atomic E-state index is 0.197. The molecule has 3 heterocycles. The van der Waals surface area contributed by atoms with Gasteiger partial charge in [-0.3, -0.25) is 10.1 Å². The SMILES string of the molecule is CN1CCN(c2nccc(C=C3NC(=O)NC3=O)n2)CC1. The van der Waals surface area contributed by atoms with Gasteiger partial charge < -0.3 is 15.1 Å². The molecule has 2 N–H and O–H groups in total. The van der Waals surface area contributed by atoms with Crippen molar-refractivity contribution in [3.63, 3.8) is 0 Å². The van der Waals surface area contributed by atoms with Crippen LogP contribution in [0, 0.1) is 0 Å². The highest BCUT2D eigenvalue weighted by Gasteiger charge is 2.23. The lowest BCUT2D eigenvalue weighted by Gasteiger charge is -2.32. The Morgan fingerprint density at radius 1 is 1.19 bits per heavy atom. The Hall–Kier alpha value is -2.48. The van der Waals surface area contributed by atoms with Crippen LogP contribution in [0.1, 0.15) is 5.69 Å². The summed E-state index contributed by atoms with van der Waals surface area (Å²) in [6, 6.07) is 1.18. The van der Waals surface area contributed by atoms with Crippen molar-refractivity contribution in [3.05, 3.63) is 23.7 Å². The van der Waals surface area contributed by atoms with Crippen LogP contribution in [0.3, 0.4) is 0 Å². The molecule has 1 aromatic heterocycles. The fourth-order valence-electron chi connectivity index (χ4n) is 2.23. The fourth-order valence-corrected chi connectivity index (χ4v) is 2.23. The lowest BCUT2D eigenvalue weighted by molar-refractivity contribution is -0.115. The summed E-state index contributed by atoms with van der Waals surface area (Å²) in [4.78, 5) is 35.6. The summed E-state index contributed by atoms with van der Waals surface area (Å²) >= 11 is 0. The van der Waals surface area contributed by atoms with Crippen LogP contribution in [-0.2, 0) is 4.79 Å². The van der Waals surface area contributed by atoms with Crippen molar-refractivity contribution < 1.29 is 9.59 Å². The average Bonchev–Trinajstić information content (AvgIpc) is 2.78. The minimum Gasteiger partial charge on any atom is -0.338 e. The highest BCUT2D eigenvalue weighted by Crippen LogP contribution is 2.12. The molecule has 0 aliphatic carbocycles. The van der Waals surface area contributed by atoms with Gasteiger partial charge in [0.2, 0.25) is 5.95 Å². The van der Waals surface area contributed by atoms with Crippen LogP contribution in [-0.4, -0.2) is 60.0 Å². The first-order chi connectivity index (χ1) is 10.1. The van der Waals surface area contributed by atoms with Crippen LogP contribution < -0.4 is 15.5 Å². The van der Waals surface area contributed by atoms with Gasteiger partial charge in [0, 0.05) is 32.4 Å². The number of likely N-dealkylation sites (N-methyl/N-ethyl adjacent to an activating group) is 1. The number of amides is 3. The molecule has 1 aromatic rings. The number of carbonyl (C=O) groups is 2. The first kappa shape index (κ1) is 13.5. The summed E-state index contributed by atoms with van der Waals surface area (Å²) in [6.45, 7) is 3.67. The summed E-state index contributed by atoms with van der Waals surface area (Å²) < 4.78 is 0. The van der Waals surface area contributed by atoms with Gasteiger partial charge in [0.05, 0.1) is 5.69 Å². The molecule has 0 radical (unpaired) electrons. The standard InChI is InChI=1S/C13H16N6O2/c1-18-4-6-19(7-5-18)12-14-3-2-9(15-12)8-10-11(20)17-13(21)16-10/h2-3,8H,4-7H2,1H3,(H2,16,17,20,21). The first-order valence-electron chi connectivity index (χ1n) is 6.72. The molecule has 2 fully saturated rings. The van der Waals surface area contributed by atoms with Crippen molar-refractivity contribution in [2.75, 3.05) is 38.1 Å². The number of anilines is 1. The number of nitrogens with zero attached hydrogens (tertiary/aromatic N) is 4. The van der Waals surface area contributed by atoms with Gasteiger partial charge in [-0.25, -0.2) is 14.8 Å². The Morgan fingerprint density at radius 2 is 1.95 bits per heavy atom. The monoisotopic (exact) mass is 288 g/mol. The normalized spacial score (nSPS) is 21.6. The van der Waals surface area contributed by atoms with E-state index >= 15 is 0 Å². The Balaban J connectivity index is 1.79. The van der Waals surface area contributed by atoms with Crippen molar-refractivity contribution in [1.82, 2.24) is 25.5 Å². The molecule has 2 saturated heterocycles. The topological polar surface area (TPSA) is 90.5 Å². The maximum absolute atomic E-state index is 11.5. The van der Waals surface area contributed by atoms with E-state index < -0.39 is 11.9 Å². The zero-order valence-electron chi connectivity index (χ0n) is 11.7. The van der Waals surface area contributed by atoms with Gasteiger partial charge in [0.25, 0.3) is 5.91 Å². The van der Waals surface area contributed by atoms with Crippen molar-refractivity contribution in [2.24, 2.45) is 0 Å². The summed E-state index contributed by atoms with van der Waals surface area (Å²) in [7, 11) is 2.08. The first-order valence-corrected chi connectivity index (χ1v) is 6.72. The molecule has 8 nitrogen and oxygen atoms in total. The second-order valence-electron chi connectivity index (χ2n) is 5.04. The van der Waals surface area contributed by atoms with Crippen LogP contribution in [0.2, 0.25) is 0 Å². The summed E-state index contributed by atoms with van der Waals surface area (Å²) in [5, 5.41) is 4.59. The highest BCUT2D eigenvalue weighted by atomic mass is 16.2. The minimum atomic E-state index is -0.514. The third-order valence-corrected chi connectivity index (χ3v) is 3.46. The molecular formula is C13H16N6O2. The van der Waals surface area contributed by atoms with E-state index in [0.717, 1.165) is 26.2 Å². The van der Waals surface area contributed by atoms with E-state index in [1.165, 1.54) is 0 Å². The Morgan fingerprint density at radius 3 is 2.62 bits per heavy atom. The van der Waals surface area contributed by atoms with E-state index in [-0.39, 0.29) is 5.70 Å². The lowest BCUT2D eigenvalue weighted by atomic mass is 10.3. The van der Waals surface area contributed by atoms with Crippen LogP contribution in [0.25, 0.3) is 6.08 Å². The van der Waals surface area contributed by atoms with E-state index in [9.17, 15) is 9.59 Å². The lowest BCUT2D eigenvalue weighted by Crippen LogP contribution is -2.45. The molecule has 0 aromatic carbocycles. The summed E-state index contributed by atoms with van der Waals surface area (Å²) in [5.41, 5.74) is 0.786. The van der Waals surface area contributed by atoms with Crippen molar-refractivity contribution >= 4 is 24.0 Å². The average molecular weight is 288 g/mol. The van der Waals surface area contributed by atoms with Crippen LogP contribution in [0.5, 0.6) is 0 Å². The molecule has 0 unspecified atom stereocenters. The van der Waals surface area contributed by atoms with E-state index in [1.807, 2.05) is 0 Å². The van der Waals surface area contributed by atoms with Crippen molar-refractivity contribution in [1.29, 1.82) is 0 Å². The smallest absolute Gasteiger partial charge is 0.326 e. The van der Waals surface area contributed by atoms with E-state index in [4.69, 9.17) is 0 Å². The zero-order valence-corrected chi connectivity index (χ0v) is 11.7. The predicted octanol–water partition coefficient (Wildman–Crippen LogP) is -0.591. The predicted molar refractivity (Wildman–Crippen MR) is 76.4 cm³/mol. The largest absolute Gasteiger partial charge is 0.338 e. The molecule has 2 aliphatic rings. The van der Waals surface area contributed by atoms with Gasteiger partial charge in [-0.2, -0.15) is 0 Å². The maximum atomic E-state index is 11.5. The molecule has 2 aliphatic heterocycles. The molecule has 0 saturated carbocycles. The second kappa shape index (κ2) is 5.49. The number of piperazine rings is 1. The van der Waals surface area contributed by atoms with Gasteiger partial charge in [-0.05, 0) is 19.2 Å². The molecule has 0 bridgehead atoms. The molecule has 110 valence electrons. The van der Waals surface area contributed by atoms with Crippen molar-refractivity contribution in [3.8, 4) is 0 Å². The Bertz CT molecular complexity index is 606. The summed E-state index contributed by atoms with van der Waals surface area (Å²) in [5.74, 6) is 0.196. The quantitative estimate of drug-likeness (QED) is 0.558. The molecule has 21 heavy (non-hydrogen) atoms. The number of aromatic nitrogens is 2. The highest BCUT2D eigenvalue weighted by molar-refractivity contribution is 6.13. The maximum Gasteiger partial charge on any atom is 0.326 e. The number of imide groups is 1. The molecule has 0 spiro atoms. The second-order valence-corrected chi connectivity index (χ2v) is 5.04. The fraction of sp³-hybridized carbons (Fsp3) is 0.385. The van der Waals surface area contributed by atoms with Crippen LogP contribution in [0.15, 0.2) is 18.0 Å². The Labute approximate surface area is 121 Å². The van der Waals surface area contributed by atoms with Crippen LogP contribution in [0.4, 0.5) is 10.7 Å². The number of nitrogens with one attached hydrogen (secondary N) is 2. The number of rotatable bonds is 2. The summed E-state index contributed by atoms with van der Waals surface area (Å²) in [6.07, 6.45) is 3.20. The molecular weight excluding hydrogens is 272 g/mol. The number of carbonyl (C=O) groups excluding carboxylic acids is 2.